The second kappa shape index (κ2) is 3.84. The predicted octanol–water partition coefficient (Wildman–Crippen LogP) is 2.50. The topological polar surface area (TPSA) is 43.8 Å². The molecule has 0 bridgehead atoms. The molecule has 0 aromatic carbocycles. The smallest absolute Gasteiger partial charge is 0.323 e. The zero-order valence-corrected chi connectivity index (χ0v) is 8.84. The first-order valence-electron chi connectivity index (χ1n) is 4.65. The van der Waals surface area contributed by atoms with Crippen molar-refractivity contribution in [2.24, 2.45) is 5.73 Å². The lowest BCUT2D eigenvalue weighted by Crippen LogP contribution is -2.15. The Bertz CT molecular complexity index is 313. The van der Waals surface area contributed by atoms with E-state index in [1.165, 1.54) is 4.68 Å². The van der Waals surface area contributed by atoms with E-state index in [2.05, 4.69) is 5.10 Å². The van der Waals surface area contributed by atoms with Gasteiger partial charge in [0.05, 0.1) is 5.69 Å². The van der Waals surface area contributed by atoms with E-state index >= 15 is 0 Å². The normalized spacial score (nSPS) is 14.7. The van der Waals surface area contributed by atoms with E-state index in [1.807, 2.05) is 0 Å². The largest absolute Gasteiger partial charge is 0.435 e. The zero-order valence-electron chi connectivity index (χ0n) is 8.84. The van der Waals surface area contributed by atoms with Crippen molar-refractivity contribution in [3.05, 3.63) is 17.5 Å². The standard InChI is InChI=1S/C9H14F3N3/c1-5(2)15-7(6(3)13)4-8(14-15)9(10,11)12/h4-6H,13H2,1-3H3/t6-/m1/s1. The molecule has 0 aliphatic heterocycles. The van der Waals surface area contributed by atoms with Gasteiger partial charge in [-0.25, -0.2) is 0 Å². The van der Waals surface area contributed by atoms with E-state index in [4.69, 9.17) is 5.73 Å². The molecule has 1 atom stereocenters. The third-order valence-electron chi connectivity index (χ3n) is 2.01. The van der Waals surface area contributed by atoms with Gasteiger partial charge in [0.1, 0.15) is 0 Å². The predicted molar refractivity (Wildman–Crippen MR) is 50.2 cm³/mol. The van der Waals surface area contributed by atoms with Crippen LogP contribution in [0.4, 0.5) is 13.2 Å². The molecule has 0 unspecified atom stereocenters. The lowest BCUT2D eigenvalue weighted by Gasteiger charge is -2.12. The van der Waals surface area contributed by atoms with Gasteiger partial charge in [-0.1, -0.05) is 0 Å². The quantitative estimate of drug-likeness (QED) is 0.833. The molecule has 0 aliphatic rings. The minimum absolute atomic E-state index is 0.137. The number of hydrogen-bond donors (Lipinski definition) is 1. The molecule has 1 aromatic heterocycles. The molecule has 0 spiro atoms. The van der Waals surface area contributed by atoms with Gasteiger partial charge < -0.3 is 5.73 Å². The van der Waals surface area contributed by atoms with Crippen LogP contribution in [0, 0.1) is 0 Å². The van der Waals surface area contributed by atoms with Crippen molar-refractivity contribution in [2.75, 3.05) is 0 Å². The summed E-state index contributed by atoms with van der Waals surface area (Å²) < 4.78 is 38.5. The van der Waals surface area contributed by atoms with Crippen LogP contribution >= 0.6 is 0 Å². The zero-order chi connectivity index (χ0) is 11.8. The maximum atomic E-state index is 12.4. The fourth-order valence-corrected chi connectivity index (χ4v) is 1.30. The number of nitrogens with zero attached hydrogens (tertiary/aromatic N) is 2. The minimum Gasteiger partial charge on any atom is -0.323 e. The average molecular weight is 221 g/mol. The summed E-state index contributed by atoms with van der Waals surface area (Å²) >= 11 is 0. The summed E-state index contributed by atoms with van der Waals surface area (Å²) in [5, 5.41) is 3.51. The maximum Gasteiger partial charge on any atom is 0.435 e. The molecule has 0 radical (unpaired) electrons. The number of halogens is 3. The highest BCUT2D eigenvalue weighted by atomic mass is 19.4. The van der Waals surface area contributed by atoms with Gasteiger partial charge in [0, 0.05) is 12.1 Å². The van der Waals surface area contributed by atoms with E-state index in [1.54, 1.807) is 20.8 Å². The number of hydrogen-bond acceptors (Lipinski definition) is 2. The van der Waals surface area contributed by atoms with Crippen molar-refractivity contribution in [1.29, 1.82) is 0 Å². The van der Waals surface area contributed by atoms with Crippen molar-refractivity contribution >= 4 is 0 Å². The van der Waals surface area contributed by atoms with Crippen molar-refractivity contribution in [3.63, 3.8) is 0 Å². The minimum atomic E-state index is -4.41. The first kappa shape index (κ1) is 12.0. The number of nitrogens with two attached hydrogens (primary N) is 1. The molecule has 1 heterocycles. The van der Waals surface area contributed by atoms with Crippen LogP contribution in [0.2, 0.25) is 0 Å². The van der Waals surface area contributed by atoms with Gasteiger partial charge in [-0.2, -0.15) is 18.3 Å². The summed E-state index contributed by atoms with van der Waals surface area (Å²) in [7, 11) is 0. The van der Waals surface area contributed by atoms with Gasteiger partial charge >= 0.3 is 6.18 Å². The van der Waals surface area contributed by atoms with E-state index in [-0.39, 0.29) is 6.04 Å². The summed E-state index contributed by atoms with van der Waals surface area (Å²) in [6, 6.07) is 0.406. The Balaban J connectivity index is 3.21. The number of alkyl halides is 3. The third-order valence-corrected chi connectivity index (χ3v) is 2.01. The van der Waals surface area contributed by atoms with E-state index in [0.29, 0.717) is 5.69 Å². The molecule has 1 rings (SSSR count). The van der Waals surface area contributed by atoms with Gasteiger partial charge in [-0.3, -0.25) is 4.68 Å². The first-order valence-corrected chi connectivity index (χ1v) is 4.65. The van der Waals surface area contributed by atoms with Gasteiger partial charge in [-0.05, 0) is 26.8 Å². The third kappa shape index (κ3) is 2.50. The molecule has 0 aliphatic carbocycles. The lowest BCUT2D eigenvalue weighted by molar-refractivity contribution is -0.141. The Morgan fingerprint density at radius 3 is 2.13 bits per heavy atom. The van der Waals surface area contributed by atoms with Gasteiger partial charge in [-0.15, -0.1) is 0 Å². The van der Waals surface area contributed by atoms with Gasteiger partial charge in [0.2, 0.25) is 0 Å². The summed E-state index contributed by atoms with van der Waals surface area (Å²) in [4.78, 5) is 0. The molecule has 1 aromatic rings. The summed E-state index contributed by atoms with van der Waals surface area (Å²) in [5.74, 6) is 0. The Morgan fingerprint density at radius 1 is 1.33 bits per heavy atom. The van der Waals surface area contributed by atoms with Gasteiger partial charge in [0.25, 0.3) is 0 Å². The van der Waals surface area contributed by atoms with Crippen LogP contribution < -0.4 is 5.73 Å². The molecule has 0 saturated heterocycles. The molecule has 0 saturated carbocycles. The first-order chi connectivity index (χ1) is 6.73. The highest BCUT2D eigenvalue weighted by molar-refractivity contribution is 5.16. The Kier molecular flexibility index (Phi) is 3.08. The summed E-state index contributed by atoms with van der Waals surface area (Å²) in [5.41, 5.74) is 5.10. The fraction of sp³-hybridized carbons (Fsp3) is 0.667. The monoisotopic (exact) mass is 221 g/mol. The van der Waals surface area contributed by atoms with E-state index < -0.39 is 17.9 Å². The van der Waals surface area contributed by atoms with Crippen LogP contribution in [0.25, 0.3) is 0 Å². The van der Waals surface area contributed by atoms with Crippen LogP contribution in [0.1, 0.15) is 44.2 Å². The molecule has 15 heavy (non-hydrogen) atoms. The molecule has 3 nitrogen and oxygen atoms in total. The van der Waals surface area contributed by atoms with Crippen molar-refractivity contribution in [2.45, 2.75) is 39.0 Å². The average Bonchev–Trinajstić information content (AvgIpc) is 2.45. The van der Waals surface area contributed by atoms with Gasteiger partial charge in [0.15, 0.2) is 5.69 Å². The maximum absolute atomic E-state index is 12.4. The van der Waals surface area contributed by atoms with Crippen LogP contribution in [0.3, 0.4) is 0 Å². The molecule has 6 heteroatoms. The molecular weight excluding hydrogens is 207 g/mol. The van der Waals surface area contributed by atoms with Crippen LogP contribution in [-0.4, -0.2) is 9.78 Å². The second-order valence-electron chi connectivity index (χ2n) is 3.78. The van der Waals surface area contributed by atoms with E-state index in [0.717, 1.165) is 6.07 Å². The van der Waals surface area contributed by atoms with Crippen molar-refractivity contribution < 1.29 is 13.2 Å². The molecule has 2 N–H and O–H groups in total. The summed E-state index contributed by atoms with van der Waals surface area (Å²) in [6.45, 7) is 5.16. The number of rotatable bonds is 2. The molecule has 0 amide bonds. The SMILES string of the molecule is CC(C)n1nc(C(F)(F)F)cc1[C@@H](C)N. The van der Waals surface area contributed by atoms with E-state index in [9.17, 15) is 13.2 Å². The Hall–Kier alpha value is -1.04. The Labute approximate surface area is 86.1 Å². The van der Waals surface area contributed by atoms with Crippen LogP contribution in [0.15, 0.2) is 6.07 Å². The van der Waals surface area contributed by atoms with Crippen LogP contribution in [-0.2, 0) is 6.18 Å². The molecular formula is C9H14F3N3. The van der Waals surface area contributed by atoms with Crippen molar-refractivity contribution in [1.82, 2.24) is 9.78 Å². The Morgan fingerprint density at radius 2 is 1.87 bits per heavy atom. The second-order valence-corrected chi connectivity index (χ2v) is 3.78. The fourth-order valence-electron chi connectivity index (χ4n) is 1.30. The highest BCUT2D eigenvalue weighted by Gasteiger charge is 2.35. The number of aromatic nitrogens is 2. The van der Waals surface area contributed by atoms with Crippen molar-refractivity contribution in [3.8, 4) is 0 Å². The van der Waals surface area contributed by atoms with Crippen LogP contribution in [0.5, 0.6) is 0 Å². The molecule has 86 valence electrons. The molecule has 0 fully saturated rings. The summed E-state index contributed by atoms with van der Waals surface area (Å²) in [6.07, 6.45) is -4.41. The highest BCUT2D eigenvalue weighted by Crippen LogP contribution is 2.30. The lowest BCUT2D eigenvalue weighted by atomic mass is 10.2.